The number of hydrogen-bond donors (Lipinski definition) is 2. The van der Waals surface area contributed by atoms with Gasteiger partial charge in [-0.3, -0.25) is 0 Å². The number of carbonyl (C=O) groups excluding carboxylic acids is 1. The highest BCUT2D eigenvalue weighted by Gasteiger charge is 2.23. The van der Waals surface area contributed by atoms with E-state index in [1.807, 2.05) is 70.2 Å². The molecule has 0 aromatic heterocycles. The number of halogens is 1. The maximum Gasteiger partial charge on any atom is 0.408 e. The second kappa shape index (κ2) is 9.50. The summed E-state index contributed by atoms with van der Waals surface area (Å²) in [6, 6.07) is 15.7. The number of nitrogens with one attached hydrogen (secondary N) is 2. The smallest absolute Gasteiger partial charge is 0.408 e. The van der Waals surface area contributed by atoms with E-state index in [1.54, 1.807) is 0 Å². The van der Waals surface area contributed by atoms with Gasteiger partial charge in [-0.1, -0.05) is 54.2 Å². The molecule has 4 nitrogen and oxygen atoms in total. The van der Waals surface area contributed by atoms with E-state index in [1.165, 1.54) is 5.56 Å². The molecule has 0 saturated heterocycles. The Kier molecular flexibility index (Phi) is 7.61. The quantitative estimate of drug-likeness (QED) is 0.426. The van der Waals surface area contributed by atoms with Gasteiger partial charge >= 0.3 is 6.09 Å². The topological polar surface area (TPSA) is 50.4 Å². The molecule has 0 heterocycles. The predicted octanol–water partition coefficient (Wildman–Crippen LogP) is 5.47. The molecule has 2 aromatic carbocycles. The molecular weight excluding hydrogens is 471 g/mol. The van der Waals surface area contributed by atoms with Crippen LogP contribution in [0, 0.1) is 10.5 Å². The molecule has 0 fully saturated rings. The van der Waals surface area contributed by atoms with Crippen LogP contribution in [0.15, 0.2) is 48.5 Å². The average molecular weight is 496 g/mol. The molecule has 0 aliphatic carbocycles. The highest BCUT2D eigenvalue weighted by Crippen LogP contribution is 2.18. The van der Waals surface area contributed by atoms with Crippen molar-refractivity contribution in [1.82, 2.24) is 5.32 Å². The Balaban J connectivity index is 2.18. The molecule has 144 valence electrons. The minimum atomic E-state index is -0.568. The average Bonchev–Trinajstić information content (AvgIpc) is 2.54. The van der Waals surface area contributed by atoms with Gasteiger partial charge in [-0.05, 0) is 74.4 Å². The lowest BCUT2D eigenvalue weighted by atomic mass is 10.0. The number of benzene rings is 2. The number of amides is 1. The maximum atomic E-state index is 12.3. The zero-order chi connectivity index (χ0) is 20.0. The molecular formula is C21H25IN2O2S. The van der Waals surface area contributed by atoms with Gasteiger partial charge in [0.2, 0.25) is 0 Å². The molecule has 0 bridgehead atoms. The van der Waals surface area contributed by atoms with Crippen LogP contribution in [0.2, 0.25) is 0 Å². The van der Waals surface area contributed by atoms with E-state index < -0.39 is 11.7 Å². The van der Waals surface area contributed by atoms with E-state index in [-0.39, 0.29) is 6.04 Å². The van der Waals surface area contributed by atoms with Gasteiger partial charge in [0.05, 0.1) is 11.7 Å². The molecule has 2 aromatic rings. The van der Waals surface area contributed by atoms with Crippen LogP contribution in [-0.4, -0.2) is 22.7 Å². The minimum Gasteiger partial charge on any atom is -0.444 e. The fourth-order valence-electron chi connectivity index (χ4n) is 2.52. The predicted molar refractivity (Wildman–Crippen MR) is 123 cm³/mol. The summed E-state index contributed by atoms with van der Waals surface area (Å²) < 4.78 is 6.47. The van der Waals surface area contributed by atoms with Crippen LogP contribution in [0.5, 0.6) is 0 Å². The highest BCUT2D eigenvalue weighted by molar-refractivity contribution is 14.1. The second-order valence-electron chi connectivity index (χ2n) is 7.36. The lowest BCUT2D eigenvalue weighted by Crippen LogP contribution is -2.46. The number of carbonyl (C=O) groups is 1. The van der Waals surface area contributed by atoms with Crippen molar-refractivity contribution in [2.24, 2.45) is 0 Å². The maximum absolute atomic E-state index is 12.3. The van der Waals surface area contributed by atoms with E-state index in [4.69, 9.17) is 17.0 Å². The van der Waals surface area contributed by atoms with Gasteiger partial charge in [0.15, 0.2) is 0 Å². The van der Waals surface area contributed by atoms with Gasteiger partial charge in [0.1, 0.15) is 10.6 Å². The first-order chi connectivity index (χ1) is 12.6. The fraction of sp³-hybridized carbons (Fsp3) is 0.333. The third-order valence-corrected chi connectivity index (χ3v) is 4.99. The van der Waals surface area contributed by atoms with Crippen LogP contribution in [0.4, 0.5) is 10.5 Å². The Morgan fingerprint density at radius 2 is 1.89 bits per heavy atom. The molecule has 0 saturated carbocycles. The first-order valence-corrected chi connectivity index (χ1v) is 10.2. The minimum absolute atomic E-state index is 0.382. The van der Waals surface area contributed by atoms with Crippen LogP contribution in [0.3, 0.4) is 0 Å². The Bertz CT molecular complexity index is 818. The SMILES string of the molecule is Cc1cccc(C[C@H](NC(=O)OC(C)(C)C)C(=S)Nc2ccccc2I)c1. The zero-order valence-corrected chi connectivity index (χ0v) is 19.0. The number of aryl methyl sites for hydroxylation is 1. The van der Waals surface area contributed by atoms with Crippen LogP contribution < -0.4 is 10.6 Å². The van der Waals surface area contributed by atoms with Gasteiger partial charge in [0, 0.05) is 3.57 Å². The summed E-state index contributed by atoms with van der Waals surface area (Å²) in [5.74, 6) is 0. The van der Waals surface area contributed by atoms with Crippen LogP contribution in [-0.2, 0) is 11.2 Å². The molecule has 6 heteroatoms. The number of rotatable bonds is 5. The summed E-state index contributed by atoms with van der Waals surface area (Å²) in [6.45, 7) is 7.56. The third-order valence-electron chi connectivity index (χ3n) is 3.66. The van der Waals surface area contributed by atoms with Gasteiger partial charge < -0.3 is 15.4 Å². The lowest BCUT2D eigenvalue weighted by molar-refractivity contribution is 0.0518. The summed E-state index contributed by atoms with van der Waals surface area (Å²) >= 11 is 7.88. The highest BCUT2D eigenvalue weighted by atomic mass is 127. The normalized spacial score (nSPS) is 12.2. The number of para-hydroxylation sites is 1. The van der Waals surface area contributed by atoms with E-state index in [9.17, 15) is 4.79 Å². The Morgan fingerprint density at radius 1 is 1.19 bits per heavy atom. The molecule has 27 heavy (non-hydrogen) atoms. The van der Waals surface area contributed by atoms with Crippen molar-refractivity contribution in [2.75, 3.05) is 5.32 Å². The summed E-state index contributed by atoms with van der Waals surface area (Å²) in [5, 5.41) is 6.18. The summed E-state index contributed by atoms with van der Waals surface area (Å²) in [7, 11) is 0. The molecule has 1 atom stereocenters. The van der Waals surface area contributed by atoms with E-state index in [0.29, 0.717) is 11.4 Å². The van der Waals surface area contributed by atoms with Crippen molar-refractivity contribution < 1.29 is 9.53 Å². The Hall–Kier alpha value is -1.67. The Morgan fingerprint density at radius 3 is 2.52 bits per heavy atom. The van der Waals surface area contributed by atoms with Gasteiger partial charge in [0.25, 0.3) is 0 Å². The molecule has 0 radical (unpaired) electrons. The van der Waals surface area contributed by atoms with Crippen molar-refractivity contribution in [2.45, 2.75) is 45.8 Å². The van der Waals surface area contributed by atoms with Crippen molar-refractivity contribution >= 4 is 51.6 Å². The largest absolute Gasteiger partial charge is 0.444 e. The fourth-order valence-corrected chi connectivity index (χ4v) is 3.29. The van der Waals surface area contributed by atoms with Crippen molar-refractivity contribution in [3.63, 3.8) is 0 Å². The van der Waals surface area contributed by atoms with Crippen molar-refractivity contribution in [3.8, 4) is 0 Å². The number of ether oxygens (including phenoxy) is 1. The monoisotopic (exact) mass is 496 g/mol. The van der Waals surface area contributed by atoms with E-state index >= 15 is 0 Å². The van der Waals surface area contributed by atoms with Gasteiger partial charge in [-0.2, -0.15) is 0 Å². The summed E-state index contributed by atoms with van der Waals surface area (Å²) in [5.41, 5.74) is 2.62. The first-order valence-electron chi connectivity index (χ1n) is 8.74. The molecule has 1 amide bonds. The zero-order valence-electron chi connectivity index (χ0n) is 16.0. The summed E-state index contributed by atoms with van der Waals surface area (Å²) in [4.78, 5) is 12.9. The molecule has 0 aliphatic rings. The Labute approximate surface area is 180 Å². The van der Waals surface area contributed by atoms with E-state index in [2.05, 4.69) is 39.3 Å². The van der Waals surface area contributed by atoms with E-state index in [0.717, 1.165) is 14.8 Å². The molecule has 2 N–H and O–H groups in total. The van der Waals surface area contributed by atoms with Crippen LogP contribution in [0.1, 0.15) is 31.9 Å². The molecule has 0 unspecified atom stereocenters. The van der Waals surface area contributed by atoms with Crippen LogP contribution >= 0.6 is 34.8 Å². The van der Waals surface area contributed by atoms with Gasteiger partial charge in [-0.25, -0.2) is 4.79 Å². The molecule has 0 spiro atoms. The molecule has 0 aliphatic heterocycles. The lowest BCUT2D eigenvalue weighted by Gasteiger charge is -2.25. The summed E-state index contributed by atoms with van der Waals surface area (Å²) in [6.07, 6.45) is 0.1000. The second-order valence-corrected chi connectivity index (χ2v) is 8.96. The number of thiocarbonyl (C=S) groups is 1. The number of hydrogen-bond acceptors (Lipinski definition) is 3. The van der Waals surface area contributed by atoms with Crippen molar-refractivity contribution in [3.05, 3.63) is 63.2 Å². The third kappa shape index (κ3) is 7.46. The van der Waals surface area contributed by atoms with Gasteiger partial charge in [-0.15, -0.1) is 0 Å². The van der Waals surface area contributed by atoms with Crippen molar-refractivity contribution in [1.29, 1.82) is 0 Å². The number of alkyl carbamates (subject to hydrolysis) is 1. The number of anilines is 1. The van der Waals surface area contributed by atoms with Crippen LogP contribution in [0.25, 0.3) is 0 Å². The standard InChI is InChI=1S/C21H25IN2O2S/c1-14-8-7-9-15(12-14)13-18(24-20(25)26-21(2,3)4)19(27)23-17-11-6-5-10-16(17)22/h5-12,18H,13H2,1-4H3,(H,23,27)(H,24,25)/t18-/m0/s1. The first kappa shape index (κ1) is 21.6. The molecule has 2 rings (SSSR count).